The predicted molar refractivity (Wildman–Crippen MR) is 91.6 cm³/mol. The van der Waals surface area contributed by atoms with E-state index >= 15 is 0 Å². The summed E-state index contributed by atoms with van der Waals surface area (Å²) in [5, 5.41) is 4.09. The number of carbonyl (C=O) groups excluding carboxylic acids is 1. The van der Waals surface area contributed by atoms with Crippen LogP contribution in [0, 0.1) is 5.82 Å². The molecule has 2 aliphatic heterocycles. The first kappa shape index (κ1) is 15.8. The van der Waals surface area contributed by atoms with Crippen molar-refractivity contribution >= 4 is 39.8 Å². The zero-order valence-electron chi connectivity index (χ0n) is 12.7. The van der Waals surface area contributed by atoms with E-state index in [0.29, 0.717) is 29.6 Å². The van der Waals surface area contributed by atoms with Crippen LogP contribution in [0.4, 0.5) is 15.3 Å². The Bertz CT molecular complexity index is 792. The number of carbonyl (C=O) groups is 1. The van der Waals surface area contributed by atoms with Crippen LogP contribution in [0.3, 0.4) is 0 Å². The highest BCUT2D eigenvalue weighted by Crippen LogP contribution is 2.44. The molecular formula is C16H15ClFN3O2S. The zero-order chi connectivity index (χ0) is 16.7. The summed E-state index contributed by atoms with van der Waals surface area (Å²) in [6.07, 6.45) is 0.189. The van der Waals surface area contributed by atoms with Gasteiger partial charge < -0.3 is 15.0 Å². The van der Waals surface area contributed by atoms with Crippen LogP contribution in [0.2, 0.25) is 5.02 Å². The van der Waals surface area contributed by atoms with Crippen molar-refractivity contribution in [3.8, 4) is 0 Å². The highest BCUT2D eigenvalue weighted by molar-refractivity contribution is 7.16. The van der Waals surface area contributed by atoms with Crippen molar-refractivity contribution in [1.29, 1.82) is 0 Å². The molecular weight excluding hydrogens is 353 g/mol. The Morgan fingerprint density at radius 1 is 1.38 bits per heavy atom. The number of thiazole rings is 1. The van der Waals surface area contributed by atoms with Crippen LogP contribution in [-0.2, 0) is 9.53 Å². The molecule has 0 bridgehead atoms. The molecule has 0 radical (unpaired) electrons. The lowest BCUT2D eigenvalue weighted by Gasteiger charge is -2.26. The van der Waals surface area contributed by atoms with E-state index in [2.05, 4.69) is 15.2 Å². The Hall–Kier alpha value is -1.70. The number of nitrogens with one attached hydrogen (secondary N) is 1. The number of aromatic nitrogens is 1. The number of ether oxygens (including phenoxy) is 1. The van der Waals surface area contributed by atoms with Gasteiger partial charge in [0.05, 0.1) is 18.1 Å². The largest absolute Gasteiger partial charge is 0.378 e. The summed E-state index contributed by atoms with van der Waals surface area (Å²) in [7, 11) is 0. The molecule has 5 nitrogen and oxygen atoms in total. The van der Waals surface area contributed by atoms with Gasteiger partial charge in [-0.2, -0.15) is 0 Å². The number of anilines is 2. The topological polar surface area (TPSA) is 54.5 Å². The van der Waals surface area contributed by atoms with E-state index in [0.717, 1.165) is 23.1 Å². The number of halogens is 2. The van der Waals surface area contributed by atoms with Crippen molar-refractivity contribution in [3.05, 3.63) is 39.5 Å². The number of hydrogen-bond acceptors (Lipinski definition) is 5. The second kappa shape index (κ2) is 6.31. The van der Waals surface area contributed by atoms with E-state index in [9.17, 15) is 9.18 Å². The van der Waals surface area contributed by atoms with Crippen LogP contribution < -0.4 is 10.2 Å². The molecule has 1 atom stereocenters. The van der Waals surface area contributed by atoms with Gasteiger partial charge in [0.25, 0.3) is 0 Å². The number of nitrogens with zero attached hydrogens (tertiary/aromatic N) is 2. The van der Waals surface area contributed by atoms with Gasteiger partial charge in [0, 0.05) is 30.5 Å². The van der Waals surface area contributed by atoms with E-state index in [1.54, 1.807) is 6.07 Å². The molecule has 1 amide bonds. The van der Waals surface area contributed by atoms with Crippen molar-refractivity contribution in [3.63, 3.8) is 0 Å². The van der Waals surface area contributed by atoms with E-state index in [-0.39, 0.29) is 24.1 Å². The maximum absolute atomic E-state index is 14.3. The molecule has 0 saturated carbocycles. The van der Waals surface area contributed by atoms with Crippen molar-refractivity contribution < 1.29 is 13.9 Å². The summed E-state index contributed by atoms with van der Waals surface area (Å²) in [6, 6.07) is 4.45. The standard InChI is InChI=1S/C16H15ClFN3O2S/c17-9-1-2-12(18)10(7-9)11-8-13(22)19-15-14(11)24-16(20-15)21-3-5-23-6-4-21/h1-2,7,11H,3-6,8H2,(H,19,22)/t11-/m0/s1. The van der Waals surface area contributed by atoms with Crippen LogP contribution in [0.1, 0.15) is 22.8 Å². The first-order valence-corrected chi connectivity index (χ1v) is 8.89. The maximum Gasteiger partial charge on any atom is 0.226 e. The van der Waals surface area contributed by atoms with Gasteiger partial charge in [0.15, 0.2) is 5.13 Å². The van der Waals surface area contributed by atoms with Gasteiger partial charge in [-0.15, -0.1) is 0 Å². The van der Waals surface area contributed by atoms with Gasteiger partial charge in [-0.1, -0.05) is 22.9 Å². The smallest absolute Gasteiger partial charge is 0.226 e. The zero-order valence-corrected chi connectivity index (χ0v) is 14.3. The fraction of sp³-hybridized carbons (Fsp3) is 0.375. The minimum Gasteiger partial charge on any atom is -0.378 e. The fourth-order valence-corrected chi connectivity index (χ4v) is 4.40. The molecule has 1 aromatic carbocycles. The molecule has 1 saturated heterocycles. The van der Waals surface area contributed by atoms with E-state index < -0.39 is 0 Å². The number of rotatable bonds is 2. The van der Waals surface area contributed by atoms with Gasteiger partial charge >= 0.3 is 0 Å². The second-order valence-electron chi connectivity index (χ2n) is 5.78. The number of hydrogen-bond donors (Lipinski definition) is 1. The molecule has 3 heterocycles. The lowest BCUT2D eigenvalue weighted by atomic mass is 9.91. The Morgan fingerprint density at radius 2 is 2.17 bits per heavy atom. The molecule has 8 heteroatoms. The number of fused-ring (bicyclic) bond motifs is 1. The molecule has 4 rings (SSSR count). The normalized spacial score (nSPS) is 20.7. The van der Waals surface area contributed by atoms with Crippen molar-refractivity contribution in [1.82, 2.24) is 4.98 Å². The minimum atomic E-state index is -0.361. The first-order valence-electron chi connectivity index (χ1n) is 7.70. The Balaban J connectivity index is 1.74. The summed E-state index contributed by atoms with van der Waals surface area (Å²) in [6.45, 7) is 2.83. The van der Waals surface area contributed by atoms with Crippen LogP contribution in [0.15, 0.2) is 18.2 Å². The summed E-state index contributed by atoms with van der Waals surface area (Å²) < 4.78 is 19.7. The number of amides is 1. The highest BCUT2D eigenvalue weighted by Gasteiger charge is 2.33. The summed E-state index contributed by atoms with van der Waals surface area (Å²) in [4.78, 5) is 19.6. The van der Waals surface area contributed by atoms with Gasteiger partial charge in [-0.25, -0.2) is 9.37 Å². The van der Waals surface area contributed by atoms with Crippen LogP contribution in [0.5, 0.6) is 0 Å². The maximum atomic E-state index is 14.3. The van der Waals surface area contributed by atoms with Gasteiger partial charge in [0.1, 0.15) is 11.6 Å². The van der Waals surface area contributed by atoms with E-state index in [1.807, 2.05) is 0 Å². The molecule has 1 N–H and O–H groups in total. The average molecular weight is 368 g/mol. The molecule has 1 aromatic heterocycles. The van der Waals surface area contributed by atoms with Crippen LogP contribution >= 0.6 is 22.9 Å². The Labute approximate surface area is 147 Å². The van der Waals surface area contributed by atoms with E-state index in [4.69, 9.17) is 16.3 Å². The average Bonchev–Trinajstić information content (AvgIpc) is 3.01. The summed E-state index contributed by atoms with van der Waals surface area (Å²) in [5.41, 5.74) is 0.441. The predicted octanol–water partition coefficient (Wildman–Crippen LogP) is 3.25. The molecule has 2 aromatic rings. The minimum absolute atomic E-state index is 0.161. The molecule has 24 heavy (non-hydrogen) atoms. The second-order valence-corrected chi connectivity index (χ2v) is 7.22. The van der Waals surface area contributed by atoms with Crippen molar-refractivity contribution in [2.75, 3.05) is 36.5 Å². The van der Waals surface area contributed by atoms with Crippen LogP contribution in [-0.4, -0.2) is 37.2 Å². The van der Waals surface area contributed by atoms with E-state index in [1.165, 1.54) is 23.5 Å². The third-order valence-electron chi connectivity index (χ3n) is 4.22. The van der Waals surface area contributed by atoms with Gasteiger partial charge in [-0.05, 0) is 23.8 Å². The molecule has 2 aliphatic rings. The van der Waals surface area contributed by atoms with Crippen LogP contribution in [0.25, 0.3) is 0 Å². The number of benzene rings is 1. The van der Waals surface area contributed by atoms with Crippen molar-refractivity contribution in [2.24, 2.45) is 0 Å². The number of morpholine rings is 1. The SMILES string of the molecule is O=C1C[C@@H](c2cc(Cl)ccc2F)c2sc(N3CCOCC3)nc2N1. The first-order chi connectivity index (χ1) is 11.6. The monoisotopic (exact) mass is 367 g/mol. The summed E-state index contributed by atoms with van der Waals surface area (Å²) in [5.74, 6) is -0.348. The fourth-order valence-electron chi connectivity index (χ4n) is 3.03. The Morgan fingerprint density at radius 3 is 2.96 bits per heavy atom. The summed E-state index contributed by atoms with van der Waals surface area (Å²) >= 11 is 7.52. The molecule has 1 fully saturated rings. The third kappa shape index (κ3) is 2.87. The molecule has 126 valence electrons. The lowest BCUT2D eigenvalue weighted by Crippen LogP contribution is -2.36. The lowest BCUT2D eigenvalue weighted by molar-refractivity contribution is -0.116. The molecule has 0 aliphatic carbocycles. The molecule has 0 unspecified atom stereocenters. The third-order valence-corrected chi connectivity index (χ3v) is 5.69. The molecule has 0 spiro atoms. The van der Waals surface area contributed by atoms with Crippen molar-refractivity contribution in [2.45, 2.75) is 12.3 Å². The van der Waals surface area contributed by atoms with Gasteiger partial charge in [0.2, 0.25) is 5.91 Å². The quantitative estimate of drug-likeness (QED) is 0.885. The van der Waals surface area contributed by atoms with Gasteiger partial charge in [-0.3, -0.25) is 4.79 Å². The highest BCUT2D eigenvalue weighted by atomic mass is 35.5. The Kier molecular flexibility index (Phi) is 4.15.